The van der Waals surface area contributed by atoms with Gasteiger partial charge in [0.05, 0.1) is 11.2 Å². The Labute approximate surface area is 149 Å². The number of aromatic nitrogens is 2. The van der Waals surface area contributed by atoms with Crippen molar-refractivity contribution in [2.45, 2.75) is 51.4 Å². The Hall–Kier alpha value is -2.42. The zero-order valence-corrected chi connectivity index (χ0v) is 14.8. The van der Waals surface area contributed by atoms with Crippen LogP contribution in [0.25, 0.3) is 22.0 Å². The van der Waals surface area contributed by atoms with E-state index in [1.54, 1.807) is 0 Å². The van der Waals surface area contributed by atoms with E-state index in [1.165, 1.54) is 48.7 Å². The molecular formula is C22H25N3. The maximum Gasteiger partial charge on any atom is 0.123 e. The number of benzene rings is 1. The van der Waals surface area contributed by atoms with Crippen LogP contribution in [-0.2, 0) is 6.42 Å². The normalized spacial score (nSPS) is 15.6. The molecule has 0 bridgehead atoms. The lowest BCUT2D eigenvalue weighted by Gasteiger charge is -2.21. The summed E-state index contributed by atoms with van der Waals surface area (Å²) < 4.78 is 0. The minimum absolute atomic E-state index is 0.580. The van der Waals surface area contributed by atoms with Gasteiger partial charge in [-0.15, -0.1) is 0 Å². The molecule has 1 saturated carbocycles. The van der Waals surface area contributed by atoms with Crippen LogP contribution in [0.4, 0.5) is 5.82 Å². The van der Waals surface area contributed by atoms with Gasteiger partial charge in [-0.2, -0.15) is 0 Å². The minimum Gasteiger partial charge on any atom is -0.384 e. The molecular weight excluding hydrogens is 306 g/mol. The number of anilines is 1. The summed E-state index contributed by atoms with van der Waals surface area (Å²) in [7, 11) is 0. The molecule has 0 spiro atoms. The molecule has 2 N–H and O–H groups in total. The van der Waals surface area contributed by atoms with E-state index >= 15 is 0 Å². The highest BCUT2D eigenvalue weighted by Gasteiger charge is 2.18. The molecule has 0 radical (unpaired) electrons. The van der Waals surface area contributed by atoms with E-state index in [4.69, 9.17) is 10.7 Å². The molecule has 0 atom stereocenters. The van der Waals surface area contributed by atoms with Crippen molar-refractivity contribution in [2.75, 3.05) is 5.73 Å². The minimum atomic E-state index is 0.580. The molecule has 3 aromatic rings. The summed E-state index contributed by atoms with van der Waals surface area (Å²) in [6.45, 7) is 2.12. The monoisotopic (exact) mass is 331 g/mol. The fourth-order valence-electron chi connectivity index (χ4n) is 4.04. The third-order valence-corrected chi connectivity index (χ3v) is 5.39. The van der Waals surface area contributed by atoms with Crippen LogP contribution in [0.3, 0.4) is 0 Å². The van der Waals surface area contributed by atoms with E-state index < -0.39 is 0 Å². The maximum atomic E-state index is 5.89. The molecule has 3 heteroatoms. The molecule has 0 saturated heterocycles. The van der Waals surface area contributed by atoms with Crippen LogP contribution in [0.2, 0.25) is 0 Å². The number of hydrogen-bond donors (Lipinski definition) is 1. The van der Waals surface area contributed by atoms with Crippen molar-refractivity contribution in [1.82, 2.24) is 9.97 Å². The van der Waals surface area contributed by atoms with Gasteiger partial charge in [-0.3, -0.25) is 4.98 Å². The average molecular weight is 331 g/mol. The van der Waals surface area contributed by atoms with Crippen LogP contribution in [0, 0.1) is 0 Å². The van der Waals surface area contributed by atoms with E-state index in [1.807, 2.05) is 6.07 Å². The highest BCUT2D eigenvalue weighted by Crippen LogP contribution is 2.35. The van der Waals surface area contributed by atoms with E-state index in [2.05, 4.69) is 48.3 Å². The first-order valence-corrected chi connectivity index (χ1v) is 9.41. The third kappa shape index (κ3) is 3.11. The number of pyridine rings is 2. The van der Waals surface area contributed by atoms with Gasteiger partial charge in [-0.25, -0.2) is 4.98 Å². The van der Waals surface area contributed by atoms with Crippen LogP contribution >= 0.6 is 0 Å². The first-order chi connectivity index (χ1) is 12.3. The van der Waals surface area contributed by atoms with Crippen molar-refractivity contribution >= 4 is 16.7 Å². The van der Waals surface area contributed by atoms with Crippen molar-refractivity contribution in [3.05, 3.63) is 53.9 Å². The van der Waals surface area contributed by atoms with Crippen LogP contribution in [0.15, 0.2) is 42.5 Å². The summed E-state index contributed by atoms with van der Waals surface area (Å²) in [6.07, 6.45) is 7.42. The van der Waals surface area contributed by atoms with Gasteiger partial charge in [-0.1, -0.05) is 50.5 Å². The van der Waals surface area contributed by atoms with Gasteiger partial charge in [0.25, 0.3) is 0 Å². The molecule has 3 nitrogen and oxygen atoms in total. The number of fused-ring (bicyclic) bond motifs is 1. The van der Waals surface area contributed by atoms with E-state index in [-0.39, 0.29) is 0 Å². The fourth-order valence-corrected chi connectivity index (χ4v) is 4.04. The molecule has 1 fully saturated rings. The maximum absolute atomic E-state index is 5.89. The summed E-state index contributed by atoms with van der Waals surface area (Å²) >= 11 is 0. The Morgan fingerprint density at radius 2 is 1.76 bits per heavy atom. The quantitative estimate of drug-likeness (QED) is 0.690. The van der Waals surface area contributed by atoms with Gasteiger partial charge < -0.3 is 5.73 Å². The number of hydrogen-bond acceptors (Lipinski definition) is 3. The zero-order chi connectivity index (χ0) is 17.2. The van der Waals surface area contributed by atoms with Gasteiger partial charge >= 0.3 is 0 Å². The van der Waals surface area contributed by atoms with Gasteiger partial charge in [0.15, 0.2) is 0 Å². The molecule has 4 rings (SSSR count). The lowest BCUT2D eigenvalue weighted by molar-refractivity contribution is 0.437. The fraction of sp³-hybridized carbons (Fsp3) is 0.364. The van der Waals surface area contributed by atoms with Crippen LogP contribution in [-0.4, -0.2) is 9.97 Å². The smallest absolute Gasteiger partial charge is 0.123 e. The first kappa shape index (κ1) is 16.1. The van der Waals surface area contributed by atoms with Crippen molar-refractivity contribution in [3.63, 3.8) is 0 Å². The lowest BCUT2D eigenvalue weighted by Crippen LogP contribution is -2.06. The van der Waals surface area contributed by atoms with Crippen molar-refractivity contribution in [2.24, 2.45) is 0 Å². The molecule has 1 aromatic carbocycles. The van der Waals surface area contributed by atoms with Gasteiger partial charge in [0.2, 0.25) is 0 Å². The largest absolute Gasteiger partial charge is 0.384 e. The molecule has 0 aliphatic heterocycles. The second-order valence-electron chi connectivity index (χ2n) is 7.03. The molecule has 2 heterocycles. The first-order valence-electron chi connectivity index (χ1n) is 9.41. The summed E-state index contributed by atoms with van der Waals surface area (Å²) in [5.41, 5.74) is 11.6. The highest BCUT2D eigenvalue weighted by atomic mass is 14.8. The van der Waals surface area contributed by atoms with Crippen molar-refractivity contribution in [3.8, 4) is 11.1 Å². The van der Waals surface area contributed by atoms with Gasteiger partial charge in [0.1, 0.15) is 5.82 Å². The van der Waals surface area contributed by atoms with Crippen LogP contribution in [0.5, 0.6) is 0 Å². The standard InChI is InChI=1S/C22H25N3/c1-2-19-17(12-14-21(23)24-19)18-10-6-9-16-11-13-20(25-22(16)18)15-7-4-3-5-8-15/h6,9-15H,2-5,7-8H2,1H3,(H2,23,24). The average Bonchev–Trinajstić information content (AvgIpc) is 2.68. The Balaban J connectivity index is 1.86. The molecule has 25 heavy (non-hydrogen) atoms. The molecule has 1 aliphatic rings. The Morgan fingerprint density at radius 3 is 2.56 bits per heavy atom. The van der Waals surface area contributed by atoms with Crippen molar-refractivity contribution in [1.29, 1.82) is 0 Å². The Bertz CT molecular complexity index is 895. The lowest BCUT2D eigenvalue weighted by atomic mass is 9.86. The summed E-state index contributed by atoms with van der Waals surface area (Å²) in [5.74, 6) is 1.19. The summed E-state index contributed by atoms with van der Waals surface area (Å²) in [5, 5.41) is 1.19. The number of nitrogens with two attached hydrogens (primary N) is 1. The number of nitrogen functional groups attached to an aromatic ring is 1. The third-order valence-electron chi connectivity index (χ3n) is 5.39. The number of rotatable bonds is 3. The predicted octanol–water partition coefficient (Wildman–Crippen LogP) is 5.49. The SMILES string of the molecule is CCc1nc(N)ccc1-c1cccc2ccc(C3CCCCC3)nc12. The number of aryl methyl sites for hydroxylation is 1. The summed E-state index contributed by atoms with van der Waals surface area (Å²) in [6, 6.07) is 14.8. The second-order valence-corrected chi connectivity index (χ2v) is 7.03. The molecule has 0 amide bonds. The molecule has 2 aromatic heterocycles. The highest BCUT2D eigenvalue weighted by molar-refractivity contribution is 5.94. The van der Waals surface area contributed by atoms with E-state index in [0.29, 0.717) is 11.7 Å². The van der Waals surface area contributed by atoms with Crippen LogP contribution in [0.1, 0.15) is 56.3 Å². The van der Waals surface area contributed by atoms with E-state index in [9.17, 15) is 0 Å². The topological polar surface area (TPSA) is 51.8 Å². The molecule has 128 valence electrons. The summed E-state index contributed by atoms with van der Waals surface area (Å²) in [4.78, 5) is 9.65. The number of para-hydroxylation sites is 1. The van der Waals surface area contributed by atoms with Gasteiger partial charge in [0, 0.05) is 28.1 Å². The van der Waals surface area contributed by atoms with Crippen LogP contribution < -0.4 is 5.73 Å². The Morgan fingerprint density at radius 1 is 0.920 bits per heavy atom. The zero-order valence-electron chi connectivity index (χ0n) is 14.8. The van der Waals surface area contributed by atoms with Crippen molar-refractivity contribution < 1.29 is 0 Å². The van der Waals surface area contributed by atoms with Gasteiger partial charge in [-0.05, 0) is 37.5 Å². The number of nitrogens with zero attached hydrogens (tertiary/aromatic N) is 2. The Kier molecular flexibility index (Phi) is 4.39. The predicted molar refractivity (Wildman–Crippen MR) is 105 cm³/mol. The molecule has 0 unspecified atom stereocenters. The second kappa shape index (κ2) is 6.83. The van der Waals surface area contributed by atoms with E-state index in [0.717, 1.165) is 23.2 Å². The molecule has 1 aliphatic carbocycles.